The lowest BCUT2D eigenvalue weighted by atomic mass is 10.1. The van der Waals surface area contributed by atoms with Crippen LogP contribution in [0.4, 0.5) is 5.69 Å². The van der Waals surface area contributed by atoms with E-state index in [0.717, 1.165) is 22.6 Å². The van der Waals surface area contributed by atoms with E-state index in [1.165, 1.54) is 5.56 Å². The lowest BCUT2D eigenvalue weighted by molar-refractivity contribution is 0.102. The van der Waals surface area contributed by atoms with Gasteiger partial charge in [0.15, 0.2) is 11.3 Å². The van der Waals surface area contributed by atoms with E-state index in [9.17, 15) is 4.79 Å². The van der Waals surface area contributed by atoms with Gasteiger partial charge in [0.25, 0.3) is 5.91 Å². The normalized spacial score (nSPS) is 12.6. The molecule has 0 saturated carbocycles. The number of aliphatic imine (C=N–C) groups is 1. The summed E-state index contributed by atoms with van der Waals surface area (Å²) in [6.07, 6.45) is 3.45. The highest BCUT2D eigenvalue weighted by molar-refractivity contribution is 6.07. The van der Waals surface area contributed by atoms with E-state index >= 15 is 0 Å². The zero-order valence-electron chi connectivity index (χ0n) is 12.9. The Balaban J connectivity index is 1.68. The Labute approximate surface area is 132 Å². The van der Waals surface area contributed by atoms with E-state index in [4.69, 9.17) is 0 Å². The smallest absolute Gasteiger partial charge is 0.278 e. The lowest BCUT2D eigenvalue weighted by Gasteiger charge is -2.06. The number of hydrogen-bond donors (Lipinski definition) is 1. The number of hydrogen-bond acceptors (Lipinski definition) is 4. The predicted molar refractivity (Wildman–Crippen MR) is 88.2 cm³/mol. The molecule has 1 aliphatic heterocycles. The average molecular weight is 305 g/mol. The molecule has 114 valence electrons. The second kappa shape index (κ2) is 5.01. The third kappa shape index (κ3) is 2.28. The molecule has 0 fully saturated rings. The summed E-state index contributed by atoms with van der Waals surface area (Å²) in [5, 5.41) is 2.89. The van der Waals surface area contributed by atoms with E-state index in [0.29, 0.717) is 17.9 Å². The number of aryl methyl sites for hydroxylation is 2. The van der Waals surface area contributed by atoms with Crippen LogP contribution in [-0.2, 0) is 6.54 Å². The van der Waals surface area contributed by atoms with Crippen molar-refractivity contribution in [2.75, 3.05) is 5.32 Å². The molecule has 2 aromatic heterocycles. The molecule has 1 aliphatic rings. The van der Waals surface area contributed by atoms with Crippen LogP contribution >= 0.6 is 0 Å². The number of carbonyl (C=O) groups excluding carboxylic acids is 1. The molecule has 0 radical (unpaired) electrons. The Bertz CT molecular complexity index is 971. The van der Waals surface area contributed by atoms with Crippen LogP contribution in [0.1, 0.15) is 33.0 Å². The van der Waals surface area contributed by atoms with Crippen molar-refractivity contribution in [3.63, 3.8) is 0 Å². The van der Waals surface area contributed by atoms with Gasteiger partial charge in [-0.2, -0.15) is 0 Å². The highest BCUT2D eigenvalue weighted by Crippen LogP contribution is 2.20. The molecule has 1 amide bonds. The number of benzene rings is 1. The van der Waals surface area contributed by atoms with E-state index in [1.54, 1.807) is 6.33 Å². The van der Waals surface area contributed by atoms with Crippen molar-refractivity contribution in [2.45, 2.75) is 20.4 Å². The molecule has 0 bridgehead atoms. The first kappa shape index (κ1) is 13.6. The maximum Gasteiger partial charge on any atom is 0.278 e. The molecule has 4 rings (SSSR count). The SMILES string of the molecule is Cc1cc(C)n2cnc(C(=O)Nc3ccc4c(c3)C=NC4)c2n1. The van der Waals surface area contributed by atoms with E-state index < -0.39 is 0 Å². The van der Waals surface area contributed by atoms with Crippen LogP contribution in [0.15, 0.2) is 35.6 Å². The molecule has 1 aromatic carbocycles. The minimum atomic E-state index is -0.264. The van der Waals surface area contributed by atoms with Crippen molar-refractivity contribution in [3.05, 3.63) is 58.8 Å². The van der Waals surface area contributed by atoms with Crippen molar-refractivity contribution in [2.24, 2.45) is 4.99 Å². The van der Waals surface area contributed by atoms with Crippen LogP contribution in [0.5, 0.6) is 0 Å². The van der Waals surface area contributed by atoms with Crippen molar-refractivity contribution in [3.8, 4) is 0 Å². The van der Waals surface area contributed by atoms with Gasteiger partial charge < -0.3 is 5.32 Å². The molecule has 0 aliphatic carbocycles. The van der Waals surface area contributed by atoms with Gasteiger partial charge >= 0.3 is 0 Å². The highest BCUT2D eigenvalue weighted by Gasteiger charge is 2.17. The molecular weight excluding hydrogens is 290 g/mol. The molecule has 0 unspecified atom stereocenters. The van der Waals surface area contributed by atoms with Crippen molar-refractivity contribution in [1.29, 1.82) is 0 Å². The number of fused-ring (bicyclic) bond motifs is 2. The molecule has 3 aromatic rings. The first-order valence-corrected chi connectivity index (χ1v) is 7.37. The van der Waals surface area contributed by atoms with E-state index in [-0.39, 0.29) is 5.91 Å². The summed E-state index contributed by atoms with van der Waals surface area (Å²) in [4.78, 5) is 25.4. The zero-order chi connectivity index (χ0) is 16.0. The average Bonchev–Trinajstić information content (AvgIpc) is 3.12. The number of amides is 1. The summed E-state index contributed by atoms with van der Waals surface area (Å²) < 4.78 is 1.82. The van der Waals surface area contributed by atoms with Crippen LogP contribution in [0.3, 0.4) is 0 Å². The second-order valence-corrected chi connectivity index (χ2v) is 5.66. The summed E-state index contributed by atoms with van der Waals surface area (Å²) >= 11 is 0. The first-order chi connectivity index (χ1) is 11.1. The number of anilines is 1. The number of nitrogens with one attached hydrogen (secondary N) is 1. The van der Waals surface area contributed by atoms with Crippen molar-refractivity contribution in [1.82, 2.24) is 14.4 Å². The number of carbonyl (C=O) groups is 1. The third-order valence-corrected chi connectivity index (χ3v) is 3.93. The molecule has 1 N–H and O–H groups in total. The van der Waals surface area contributed by atoms with Gasteiger partial charge in [0.05, 0.1) is 6.54 Å². The van der Waals surface area contributed by atoms with Crippen LogP contribution in [0.2, 0.25) is 0 Å². The Kier molecular flexibility index (Phi) is 2.97. The lowest BCUT2D eigenvalue weighted by Crippen LogP contribution is -2.14. The molecule has 0 spiro atoms. The fourth-order valence-corrected chi connectivity index (χ4v) is 2.81. The van der Waals surface area contributed by atoms with Gasteiger partial charge in [-0.3, -0.25) is 14.2 Å². The Morgan fingerprint density at radius 1 is 1.26 bits per heavy atom. The molecule has 6 nitrogen and oxygen atoms in total. The predicted octanol–water partition coefficient (Wildman–Crippen LogP) is 2.53. The number of nitrogens with zero attached hydrogens (tertiary/aromatic N) is 4. The quantitative estimate of drug-likeness (QED) is 0.791. The fourth-order valence-electron chi connectivity index (χ4n) is 2.81. The highest BCUT2D eigenvalue weighted by atomic mass is 16.1. The monoisotopic (exact) mass is 305 g/mol. The van der Waals surface area contributed by atoms with Gasteiger partial charge in [-0.1, -0.05) is 6.07 Å². The third-order valence-electron chi connectivity index (χ3n) is 3.93. The molecule has 3 heterocycles. The Hall–Kier alpha value is -3.02. The summed E-state index contributed by atoms with van der Waals surface area (Å²) in [6.45, 7) is 4.57. The van der Waals surface area contributed by atoms with Crippen molar-refractivity contribution >= 4 is 23.5 Å². The van der Waals surface area contributed by atoms with Crippen LogP contribution in [0, 0.1) is 13.8 Å². The van der Waals surface area contributed by atoms with Gasteiger partial charge in [-0.15, -0.1) is 0 Å². The van der Waals surface area contributed by atoms with E-state index in [2.05, 4.69) is 20.3 Å². The maximum absolute atomic E-state index is 12.6. The van der Waals surface area contributed by atoms with Gasteiger partial charge in [-0.25, -0.2) is 9.97 Å². The summed E-state index contributed by atoms with van der Waals surface area (Å²) in [7, 11) is 0. The minimum absolute atomic E-state index is 0.264. The minimum Gasteiger partial charge on any atom is -0.321 e. The second-order valence-electron chi connectivity index (χ2n) is 5.66. The molecular formula is C17H15N5O. The van der Waals surface area contributed by atoms with Crippen LogP contribution in [-0.4, -0.2) is 26.5 Å². The fraction of sp³-hybridized carbons (Fsp3) is 0.176. The van der Waals surface area contributed by atoms with Gasteiger partial charge in [0.1, 0.15) is 6.33 Å². The number of imidazole rings is 1. The van der Waals surface area contributed by atoms with Crippen LogP contribution < -0.4 is 5.32 Å². The molecule has 0 saturated heterocycles. The maximum atomic E-state index is 12.6. The van der Waals surface area contributed by atoms with Crippen molar-refractivity contribution < 1.29 is 4.79 Å². The van der Waals surface area contributed by atoms with E-state index in [1.807, 2.05) is 48.7 Å². The van der Waals surface area contributed by atoms with Gasteiger partial charge in [0.2, 0.25) is 0 Å². The largest absolute Gasteiger partial charge is 0.321 e. The summed E-state index contributed by atoms with van der Waals surface area (Å²) in [5.74, 6) is -0.264. The standard InChI is InChI=1S/C17H15N5O/c1-10-5-11(2)22-9-19-15(16(22)20-10)17(23)21-14-4-3-12-7-18-8-13(12)6-14/h3-6,8-9H,7H2,1-2H3,(H,21,23). The van der Waals surface area contributed by atoms with Gasteiger partial charge in [-0.05, 0) is 43.2 Å². The number of aromatic nitrogens is 3. The molecule has 23 heavy (non-hydrogen) atoms. The Morgan fingerprint density at radius 3 is 3.00 bits per heavy atom. The molecule has 0 atom stereocenters. The summed E-state index contributed by atoms with van der Waals surface area (Å²) in [5.41, 5.74) is 5.69. The Morgan fingerprint density at radius 2 is 2.13 bits per heavy atom. The van der Waals surface area contributed by atoms with Gasteiger partial charge in [0, 0.05) is 23.3 Å². The zero-order valence-corrected chi connectivity index (χ0v) is 12.9. The first-order valence-electron chi connectivity index (χ1n) is 7.37. The van der Waals surface area contributed by atoms with Crippen LogP contribution in [0.25, 0.3) is 5.65 Å². The summed E-state index contributed by atoms with van der Waals surface area (Å²) in [6, 6.07) is 7.74. The number of rotatable bonds is 2. The topological polar surface area (TPSA) is 71.7 Å². The molecule has 6 heteroatoms.